The number of para-hydroxylation sites is 1. The minimum absolute atomic E-state index is 0.630. The van der Waals surface area contributed by atoms with E-state index in [4.69, 9.17) is 0 Å². The summed E-state index contributed by atoms with van der Waals surface area (Å²) in [5.74, 6) is 0.952. The van der Waals surface area contributed by atoms with Gasteiger partial charge in [0.15, 0.2) is 0 Å². The highest BCUT2D eigenvalue weighted by Crippen LogP contribution is 2.28. The van der Waals surface area contributed by atoms with Crippen LogP contribution in [-0.4, -0.2) is 11.0 Å². The molecule has 2 aromatic rings. The molecular weight excluding hydrogens is 232 g/mol. The first-order valence-corrected chi connectivity index (χ1v) is 7.46. The monoisotopic (exact) mass is 254 g/mol. The van der Waals surface area contributed by atoms with Gasteiger partial charge in [0.25, 0.3) is 0 Å². The first-order valence-electron chi connectivity index (χ1n) is 7.46. The van der Waals surface area contributed by atoms with E-state index in [1.54, 1.807) is 0 Å². The summed E-state index contributed by atoms with van der Waals surface area (Å²) in [4.78, 5) is 4.52. The van der Waals surface area contributed by atoms with E-state index in [0.717, 1.165) is 11.4 Å². The molecular formula is C17H22N2. The Kier molecular flexibility index (Phi) is 3.67. The molecule has 0 aliphatic heterocycles. The zero-order chi connectivity index (χ0) is 13.1. The molecule has 1 fully saturated rings. The predicted molar refractivity (Wildman–Crippen MR) is 81.4 cm³/mol. The van der Waals surface area contributed by atoms with Crippen molar-refractivity contribution in [1.82, 2.24) is 4.98 Å². The van der Waals surface area contributed by atoms with Gasteiger partial charge >= 0.3 is 0 Å². The SMILES string of the molecule is CCC1CCC(Nc2cnc3ccccc3c2)CC1. The molecule has 1 heterocycles. The van der Waals surface area contributed by atoms with Gasteiger partial charge in [-0.05, 0) is 43.7 Å². The van der Waals surface area contributed by atoms with Crippen molar-refractivity contribution in [2.24, 2.45) is 5.92 Å². The number of rotatable bonds is 3. The molecule has 19 heavy (non-hydrogen) atoms. The Balaban J connectivity index is 1.68. The first kappa shape index (κ1) is 12.5. The van der Waals surface area contributed by atoms with Crippen molar-refractivity contribution < 1.29 is 0 Å². The van der Waals surface area contributed by atoms with Crippen molar-refractivity contribution in [3.05, 3.63) is 36.5 Å². The Morgan fingerprint density at radius 3 is 2.74 bits per heavy atom. The summed E-state index contributed by atoms with van der Waals surface area (Å²) in [7, 11) is 0. The minimum Gasteiger partial charge on any atom is -0.381 e. The molecule has 1 aliphatic carbocycles. The van der Waals surface area contributed by atoms with Gasteiger partial charge in [-0.2, -0.15) is 0 Å². The van der Waals surface area contributed by atoms with E-state index in [0.29, 0.717) is 6.04 Å². The lowest BCUT2D eigenvalue weighted by Crippen LogP contribution is -2.25. The third-order valence-electron chi connectivity index (χ3n) is 4.39. The second-order valence-electron chi connectivity index (χ2n) is 5.69. The maximum atomic E-state index is 4.52. The van der Waals surface area contributed by atoms with Crippen LogP contribution in [-0.2, 0) is 0 Å². The molecule has 0 amide bonds. The van der Waals surface area contributed by atoms with Crippen molar-refractivity contribution in [2.45, 2.75) is 45.1 Å². The lowest BCUT2D eigenvalue weighted by atomic mass is 9.84. The van der Waals surface area contributed by atoms with Gasteiger partial charge in [-0.3, -0.25) is 4.98 Å². The van der Waals surface area contributed by atoms with Crippen molar-refractivity contribution in [3.63, 3.8) is 0 Å². The third kappa shape index (κ3) is 2.89. The standard InChI is InChI=1S/C17H22N2/c1-2-13-7-9-15(10-8-13)19-16-11-14-5-3-4-6-17(14)18-12-16/h3-6,11-13,15,19H,2,7-10H2,1H3. The number of nitrogens with zero attached hydrogens (tertiary/aromatic N) is 1. The average Bonchev–Trinajstić information content (AvgIpc) is 2.48. The molecule has 0 saturated heterocycles. The molecule has 100 valence electrons. The second-order valence-corrected chi connectivity index (χ2v) is 5.69. The maximum Gasteiger partial charge on any atom is 0.0703 e. The summed E-state index contributed by atoms with van der Waals surface area (Å²) in [6, 6.07) is 11.1. The van der Waals surface area contributed by atoms with Crippen LogP contribution in [0.3, 0.4) is 0 Å². The van der Waals surface area contributed by atoms with Crippen LogP contribution in [0.4, 0.5) is 5.69 Å². The lowest BCUT2D eigenvalue weighted by Gasteiger charge is -2.29. The fourth-order valence-corrected chi connectivity index (χ4v) is 3.10. The number of benzene rings is 1. The number of hydrogen-bond donors (Lipinski definition) is 1. The fraction of sp³-hybridized carbons (Fsp3) is 0.471. The first-order chi connectivity index (χ1) is 9.35. The minimum atomic E-state index is 0.630. The summed E-state index contributed by atoms with van der Waals surface area (Å²) in [6.07, 6.45) is 8.64. The van der Waals surface area contributed by atoms with Crippen LogP contribution in [0, 0.1) is 5.92 Å². The fourth-order valence-electron chi connectivity index (χ4n) is 3.10. The third-order valence-corrected chi connectivity index (χ3v) is 4.39. The second kappa shape index (κ2) is 5.60. The van der Waals surface area contributed by atoms with Gasteiger partial charge in [0, 0.05) is 11.4 Å². The molecule has 0 bridgehead atoms. The van der Waals surface area contributed by atoms with E-state index in [9.17, 15) is 0 Å². The molecule has 2 nitrogen and oxygen atoms in total. The van der Waals surface area contributed by atoms with Crippen molar-refractivity contribution in [3.8, 4) is 0 Å². The summed E-state index contributed by atoms with van der Waals surface area (Å²) in [6.45, 7) is 2.31. The highest BCUT2D eigenvalue weighted by Gasteiger charge is 2.19. The van der Waals surface area contributed by atoms with Crippen LogP contribution in [0.5, 0.6) is 0 Å². The molecule has 1 aromatic heterocycles. The van der Waals surface area contributed by atoms with Crippen molar-refractivity contribution in [2.75, 3.05) is 5.32 Å². The van der Waals surface area contributed by atoms with E-state index >= 15 is 0 Å². The van der Waals surface area contributed by atoms with Crippen LogP contribution in [0.2, 0.25) is 0 Å². The number of aromatic nitrogens is 1. The molecule has 0 atom stereocenters. The van der Waals surface area contributed by atoms with Crippen LogP contribution in [0.25, 0.3) is 10.9 Å². The van der Waals surface area contributed by atoms with Crippen LogP contribution >= 0.6 is 0 Å². The van der Waals surface area contributed by atoms with Gasteiger partial charge in [-0.1, -0.05) is 31.5 Å². The summed E-state index contributed by atoms with van der Waals surface area (Å²) >= 11 is 0. The smallest absolute Gasteiger partial charge is 0.0703 e. The van der Waals surface area contributed by atoms with Gasteiger partial charge in [0.2, 0.25) is 0 Å². The Hall–Kier alpha value is -1.57. The van der Waals surface area contributed by atoms with E-state index in [-0.39, 0.29) is 0 Å². The average molecular weight is 254 g/mol. The van der Waals surface area contributed by atoms with Gasteiger partial charge < -0.3 is 5.32 Å². The van der Waals surface area contributed by atoms with Crippen LogP contribution in [0.1, 0.15) is 39.0 Å². The van der Waals surface area contributed by atoms with Gasteiger partial charge in [-0.15, -0.1) is 0 Å². The Morgan fingerprint density at radius 2 is 1.95 bits per heavy atom. The topological polar surface area (TPSA) is 24.9 Å². The molecule has 0 radical (unpaired) electrons. The highest BCUT2D eigenvalue weighted by molar-refractivity contribution is 5.81. The highest BCUT2D eigenvalue weighted by atomic mass is 14.9. The number of hydrogen-bond acceptors (Lipinski definition) is 2. The van der Waals surface area contributed by atoms with Crippen molar-refractivity contribution >= 4 is 16.6 Å². The molecule has 0 unspecified atom stereocenters. The summed E-state index contributed by atoms with van der Waals surface area (Å²) in [5, 5.41) is 4.87. The summed E-state index contributed by atoms with van der Waals surface area (Å²) < 4.78 is 0. The Bertz CT molecular complexity index is 542. The van der Waals surface area contributed by atoms with E-state index in [1.807, 2.05) is 12.3 Å². The van der Waals surface area contributed by atoms with Gasteiger partial charge in [0.1, 0.15) is 0 Å². The van der Waals surface area contributed by atoms with Gasteiger partial charge in [-0.25, -0.2) is 0 Å². The quantitative estimate of drug-likeness (QED) is 0.864. The number of pyridine rings is 1. The molecule has 1 aliphatic rings. The van der Waals surface area contributed by atoms with E-state index in [1.165, 1.54) is 43.2 Å². The van der Waals surface area contributed by atoms with Crippen LogP contribution in [0.15, 0.2) is 36.5 Å². The molecule has 3 rings (SSSR count). The molecule has 1 N–H and O–H groups in total. The van der Waals surface area contributed by atoms with Gasteiger partial charge in [0.05, 0.1) is 17.4 Å². The number of anilines is 1. The zero-order valence-corrected chi connectivity index (χ0v) is 11.6. The Labute approximate surface area is 115 Å². The Morgan fingerprint density at radius 1 is 1.16 bits per heavy atom. The summed E-state index contributed by atoms with van der Waals surface area (Å²) in [5.41, 5.74) is 2.24. The van der Waals surface area contributed by atoms with E-state index < -0.39 is 0 Å². The lowest BCUT2D eigenvalue weighted by molar-refractivity contribution is 0.330. The molecule has 1 saturated carbocycles. The molecule has 0 spiro atoms. The zero-order valence-electron chi connectivity index (χ0n) is 11.6. The predicted octanol–water partition coefficient (Wildman–Crippen LogP) is 4.62. The van der Waals surface area contributed by atoms with Crippen molar-refractivity contribution in [1.29, 1.82) is 0 Å². The number of fused-ring (bicyclic) bond motifs is 1. The largest absolute Gasteiger partial charge is 0.381 e. The normalized spacial score (nSPS) is 23.4. The van der Waals surface area contributed by atoms with E-state index in [2.05, 4.69) is 41.5 Å². The molecule has 2 heteroatoms. The molecule has 1 aromatic carbocycles. The maximum absolute atomic E-state index is 4.52. The number of nitrogens with one attached hydrogen (secondary N) is 1. The van der Waals surface area contributed by atoms with Crippen LogP contribution < -0.4 is 5.32 Å².